The largest absolute Gasteiger partial charge is 0.496 e. The van der Waals surface area contributed by atoms with Gasteiger partial charge >= 0.3 is 0 Å². The number of aryl methyl sites for hydroxylation is 4. The normalized spacial score (nSPS) is 10.7. The van der Waals surface area contributed by atoms with E-state index in [2.05, 4.69) is 43.2 Å². The van der Waals surface area contributed by atoms with Crippen molar-refractivity contribution in [2.24, 2.45) is 0 Å². The number of methoxy groups -OCH3 is 1. The van der Waals surface area contributed by atoms with Gasteiger partial charge in [-0.05, 0) is 55.5 Å². The second-order valence-corrected chi connectivity index (χ2v) is 5.81. The van der Waals surface area contributed by atoms with E-state index in [1.54, 1.807) is 7.11 Å². The van der Waals surface area contributed by atoms with Crippen LogP contribution in [0.5, 0.6) is 5.75 Å². The fourth-order valence-electron chi connectivity index (χ4n) is 2.84. The van der Waals surface area contributed by atoms with E-state index in [0.29, 0.717) is 12.2 Å². The third-order valence-electron chi connectivity index (χ3n) is 4.32. The highest BCUT2D eigenvalue weighted by Gasteiger charge is 2.09. The topological polar surface area (TPSA) is 54.1 Å². The smallest absolute Gasteiger partial charge is 0.271 e. The number of aromatic amines is 1. The molecule has 0 aliphatic carbocycles. The third kappa shape index (κ3) is 3.76. The van der Waals surface area contributed by atoms with Crippen LogP contribution < -0.4 is 15.6 Å². The Morgan fingerprint density at radius 2 is 1.74 bits per heavy atom. The fourth-order valence-corrected chi connectivity index (χ4v) is 2.84. The molecule has 1 aromatic heterocycles. The van der Waals surface area contributed by atoms with E-state index < -0.39 is 0 Å². The summed E-state index contributed by atoms with van der Waals surface area (Å²) in [7, 11) is 1.68. The van der Waals surface area contributed by atoms with Gasteiger partial charge in [-0.15, -0.1) is 0 Å². The molecule has 124 valence electrons. The van der Waals surface area contributed by atoms with E-state index in [1.807, 2.05) is 13.0 Å². The van der Waals surface area contributed by atoms with Gasteiger partial charge < -0.3 is 15.0 Å². The van der Waals surface area contributed by atoms with Crippen LogP contribution in [0.3, 0.4) is 0 Å². The average Bonchev–Trinajstić information content (AvgIpc) is 2.54. The van der Waals surface area contributed by atoms with Gasteiger partial charge in [0.05, 0.1) is 7.11 Å². The molecule has 1 aromatic carbocycles. The minimum atomic E-state index is -0.0820. The Bertz CT molecular complexity index is 748. The first-order valence-electron chi connectivity index (χ1n) is 8.13. The summed E-state index contributed by atoms with van der Waals surface area (Å²) in [6.07, 6.45) is 1.87. The lowest BCUT2D eigenvalue weighted by Crippen LogP contribution is -2.16. The van der Waals surface area contributed by atoms with Crippen LogP contribution >= 0.6 is 0 Å². The maximum atomic E-state index is 12.1. The molecule has 0 radical (unpaired) electrons. The van der Waals surface area contributed by atoms with Crippen LogP contribution in [0.1, 0.15) is 41.8 Å². The predicted octanol–water partition coefficient (Wildman–Crippen LogP) is 3.74. The van der Waals surface area contributed by atoms with Crippen LogP contribution in [-0.4, -0.2) is 12.1 Å². The number of ether oxygens (including phenoxy) is 1. The molecule has 0 saturated carbocycles. The van der Waals surface area contributed by atoms with Gasteiger partial charge in [0, 0.05) is 17.8 Å². The Morgan fingerprint density at radius 3 is 2.35 bits per heavy atom. The number of H-pyrrole nitrogens is 1. The van der Waals surface area contributed by atoms with E-state index in [4.69, 9.17) is 4.74 Å². The van der Waals surface area contributed by atoms with Crippen molar-refractivity contribution in [3.05, 3.63) is 56.5 Å². The SMILES string of the molecule is CCc1cc(CNc2cc(CC)c(C)[nH]c2=O)c(OC)cc1C. The van der Waals surface area contributed by atoms with Gasteiger partial charge in [0.2, 0.25) is 0 Å². The first-order valence-corrected chi connectivity index (χ1v) is 8.13. The molecule has 4 nitrogen and oxygen atoms in total. The van der Waals surface area contributed by atoms with Crippen LogP contribution in [0.25, 0.3) is 0 Å². The highest BCUT2D eigenvalue weighted by molar-refractivity contribution is 5.48. The van der Waals surface area contributed by atoms with E-state index >= 15 is 0 Å². The molecule has 0 unspecified atom stereocenters. The van der Waals surface area contributed by atoms with Crippen molar-refractivity contribution < 1.29 is 4.74 Å². The van der Waals surface area contributed by atoms with Gasteiger partial charge in [-0.1, -0.05) is 19.9 Å². The molecule has 0 atom stereocenters. The van der Waals surface area contributed by atoms with Gasteiger partial charge in [-0.3, -0.25) is 4.79 Å². The summed E-state index contributed by atoms with van der Waals surface area (Å²) in [4.78, 5) is 15.0. The molecule has 1 heterocycles. The minimum Gasteiger partial charge on any atom is -0.496 e. The van der Waals surface area contributed by atoms with E-state index in [1.165, 1.54) is 11.1 Å². The van der Waals surface area contributed by atoms with Crippen LogP contribution in [0, 0.1) is 13.8 Å². The van der Waals surface area contributed by atoms with Crippen molar-refractivity contribution >= 4 is 5.69 Å². The Kier molecular flexibility index (Phi) is 5.48. The highest BCUT2D eigenvalue weighted by atomic mass is 16.5. The Labute approximate surface area is 137 Å². The number of rotatable bonds is 6. The van der Waals surface area contributed by atoms with Gasteiger partial charge in [0.15, 0.2) is 0 Å². The summed E-state index contributed by atoms with van der Waals surface area (Å²) in [5.74, 6) is 0.853. The minimum absolute atomic E-state index is 0.0820. The first-order chi connectivity index (χ1) is 11.0. The third-order valence-corrected chi connectivity index (χ3v) is 4.32. The van der Waals surface area contributed by atoms with Crippen molar-refractivity contribution in [3.63, 3.8) is 0 Å². The Morgan fingerprint density at radius 1 is 1.04 bits per heavy atom. The molecule has 0 aliphatic heterocycles. The van der Waals surface area contributed by atoms with Gasteiger partial charge in [-0.25, -0.2) is 0 Å². The van der Waals surface area contributed by atoms with Crippen molar-refractivity contribution in [3.8, 4) is 5.75 Å². The standard InChI is InChI=1S/C19H26N2O2/c1-6-14-9-16(18(23-5)8-12(14)3)11-20-17-10-15(7-2)13(4)21-19(17)22/h8-10,20H,6-7,11H2,1-5H3,(H,21,22). The summed E-state index contributed by atoms with van der Waals surface area (Å²) in [5, 5.41) is 3.25. The average molecular weight is 314 g/mol. The lowest BCUT2D eigenvalue weighted by atomic mass is 10.0. The highest BCUT2D eigenvalue weighted by Crippen LogP contribution is 2.24. The van der Waals surface area contributed by atoms with Crippen LogP contribution in [0.4, 0.5) is 5.69 Å². The molecule has 0 spiro atoms. The lowest BCUT2D eigenvalue weighted by Gasteiger charge is -2.14. The van der Waals surface area contributed by atoms with Gasteiger partial charge in [0.1, 0.15) is 11.4 Å². The van der Waals surface area contributed by atoms with E-state index in [-0.39, 0.29) is 5.56 Å². The summed E-state index contributed by atoms with van der Waals surface area (Å²) in [6.45, 7) is 8.81. The van der Waals surface area contributed by atoms with E-state index in [9.17, 15) is 4.79 Å². The molecule has 0 amide bonds. The summed E-state index contributed by atoms with van der Waals surface area (Å²) in [6, 6.07) is 6.16. The zero-order chi connectivity index (χ0) is 17.0. The molecular weight excluding hydrogens is 288 g/mol. The van der Waals surface area contributed by atoms with Crippen molar-refractivity contribution in [1.29, 1.82) is 0 Å². The summed E-state index contributed by atoms with van der Waals surface area (Å²) < 4.78 is 5.48. The number of aromatic nitrogens is 1. The second-order valence-electron chi connectivity index (χ2n) is 5.81. The molecule has 2 aromatic rings. The van der Waals surface area contributed by atoms with Gasteiger partial charge in [-0.2, -0.15) is 0 Å². The molecular formula is C19H26N2O2. The first kappa shape index (κ1) is 17.1. The molecule has 0 fully saturated rings. The monoisotopic (exact) mass is 314 g/mol. The molecule has 4 heteroatoms. The number of benzene rings is 1. The molecule has 2 rings (SSSR count). The number of nitrogens with one attached hydrogen (secondary N) is 2. The molecule has 0 bridgehead atoms. The molecule has 2 N–H and O–H groups in total. The van der Waals surface area contributed by atoms with E-state index in [0.717, 1.165) is 35.4 Å². The van der Waals surface area contributed by atoms with Crippen LogP contribution in [-0.2, 0) is 19.4 Å². The molecule has 0 saturated heterocycles. The second kappa shape index (κ2) is 7.36. The van der Waals surface area contributed by atoms with Crippen molar-refractivity contribution in [1.82, 2.24) is 4.98 Å². The van der Waals surface area contributed by atoms with Crippen LogP contribution in [0.15, 0.2) is 23.0 Å². The number of hydrogen-bond acceptors (Lipinski definition) is 3. The maximum Gasteiger partial charge on any atom is 0.271 e. The number of anilines is 1. The zero-order valence-corrected chi connectivity index (χ0v) is 14.7. The fraction of sp³-hybridized carbons (Fsp3) is 0.421. The van der Waals surface area contributed by atoms with Crippen molar-refractivity contribution in [2.45, 2.75) is 47.1 Å². The number of hydrogen-bond donors (Lipinski definition) is 2. The number of pyridine rings is 1. The zero-order valence-electron chi connectivity index (χ0n) is 14.7. The molecule has 23 heavy (non-hydrogen) atoms. The van der Waals surface area contributed by atoms with Gasteiger partial charge in [0.25, 0.3) is 5.56 Å². The maximum absolute atomic E-state index is 12.1. The quantitative estimate of drug-likeness (QED) is 0.854. The predicted molar refractivity (Wildman–Crippen MR) is 95.6 cm³/mol. The Balaban J connectivity index is 2.29. The summed E-state index contributed by atoms with van der Waals surface area (Å²) >= 11 is 0. The van der Waals surface area contributed by atoms with Crippen LogP contribution in [0.2, 0.25) is 0 Å². The van der Waals surface area contributed by atoms with Crippen molar-refractivity contribution in [2.75, 3.05) is 12.4 Å². The lowest BCUT2D eigenvalue weighted by molar-refractivity contribution is 0.410. The Hall–Kier alpha value is -2.23. The summed E-state index contributed by atoms with van der Waals surface area (Å²) in [5.41, 5.74) is 6.20. The molecule has 0 aliphatic rings.